The molecule has 0 bridgehead atoms. The number of rotatable bonds is 10. The van der Waals surface area contributed by atoms with Crippen LogP contribution in [-0.4, -0.2) is 51.3 Å². The van der Waals surface area contributed by atoms with Gasteiger partial charge in [-0.05, 0) is 50.9 Å². The zero-order chi connectivity index (χ0) is 24.8. The van der Waals surface area contributed by atoms with Crippen LogP contribution in [0.1, 0.15) is 43.1 Å². The van der Waals surface area contributed by atoms with Gasteiger partial charge in [0, 0.05) is 23.1 Å². The fraction of sp³-hybridized carbons (Fsp3) is 0.450. The molecule has 1 unspecified atom stereocenters. The summed E-state index contributed by atoms with van der Waals surface area (Å²) in [6.45, 7) is 5.79. The number of aromatic nitrogens is 1. The minimum atomic E-state index is -1.44. The highest BCUT2D eigenvalue weighted by Gasteiger charge is 2.24. The Morgan fingerprint density at radius 1 is 1.27 bits per heavy atom. The lowest BCUT2D eigenvalue weighted by atomic mass is 10.1. The van der Waals surface area contributed by atoms with E-state index in [4.69, 9.17) is 4.74 Å². The Balaban J connectivity index is 1.95. The molecular weight excluding hydrogens is 526 g/mol. The monoisotopic (exact) mass is 550 g/mol. The molecule has 0 saturated carbocycles. The molecule has 2 amide bonds. The van der Waals surface area contributed by atoms with E-state index in [2.05, 4.69) is 36.3 Å². The lowest BCUT2D eigenvalue weighted by molar-refractivity contribution is 0.0693. The van der Waals surface area contributed by atoms with Crippen LogP contribution in [0.4, 0.5) is 18.6 Å². The molecule has 2 rings (SSSR count). The van der Waals surface area contributed by atoms with Gasteiger partial charge in [0.2, 0.25) is 5.88 Å². The third-order valence-electron chi connectivity index (χ3n) is 4.19. The van der Waals surface area contributed by atoms with E-state index >= 15 is 0 Å². The topological polar surface area (TPSA) is 133 Å². The van der Waals surface area contributed by atoms with Gasteiger partial charge >= 0.3 is 12.0 Å². The first-order valence-electron chi connectivity index (χ1n) is 9.84. The molecule has 1 atom stereocenters. The average Bonchev–Trinajstić information content (AvgIpc) is 3.07. The summed E-state index contributed by atoms with van der Waals surface area (Å²) in [5.74, 6) is -3.55. The van der Waals surface area contributed by atoms with Crippen molar-refractivity contribution in [1.82, 2.24) is 15.0 Å². The second kappa shape index (κ2) is 11.7. The van der Waals surface area contributed by atoms with Gasteiger partial charge in [0.1, 0.15) is 23.2 Å². The maximum atomic E-state index is 14.0. The van der Waals surface area contributed by atoms with Crippen LogP contribution >= 0.6 is 27.5 Å². The molecule has 0 aliphatic rings. The number of carbonyl (C=O) groups excluding carboxylic acids is 1. The molecule has 0 aliphatic carbocycles. The normalized spacial score (nSPS) is 12.3. The van der Waals surface area contributed by atoms with Crippen LogP contribution in [0.3, 0.4) is 0 Å². The number of amides is 2. The maximum Gasteiger partial charge on any atom is 0.344 e. The zero-order valence-corrected chi connectivity index (χ0v) is 20.6. The van der Waals surface area contributed by atoms with Crippen LogP contribution in [0.2, 0.25) is 0 Å². The summed E-state index contributed by atoms with van der Waals surface area (Å²) in [5, 5.41) is 27.3. The Morgan fingerprint density at radius 2 is 1.91 bits per heavy atom. The number of ether oxygens (including phenoxy) is 1. The van der Waals surface area contributed by atoms with E-state index in [9.17, 15) is 28.6 Å². The van der Waals surface area contributed by atoms with Gasteiger partial charge in [-0.15, -0.1) is 0 Å². The van der Waals surface area contributed by atoms with E-state index in [1.165, 1.54) is 0 Å². The van der Waals surface area contributed by atoms with Crippen LogP contribution < -0.4 is 20.7 Å². The molecule has 33 heavy (non-hydrogen) atoms. The lowest BCUT2D eigenvalue weighted by Crippen LogP contribution is -2.42. The van der Waals surface area contributed by atoms with Gasteiger partial charge in [-0.2, -0.15) is 4.37 Å². The number of halogens is 3. The van der Waals surface area contributed by atoms with Crippen molar-refractivity contribution in [2.24, 2.45) is 0 Å². The predicted molar refractivity (Wildman–Crippen MR) is 123 cm³/mol. The number of aliphatic hydroxyl groups excluding tert-OH is 1. The fourth-order valence-electron chi connectivity index (χ4n) is 2.52. The standard InChI is InChI=1S/C20H25BrF2N4O5S/c1-20(2,3)25-8-11(28)4-5-24-19(31)26-17-15(18(29)30)16(27-33-17)32-9-12-13(22)6-10(21)7-14(12)23/h6-7,11,25,28H,4-5,8-9H2,1-3H3,(H,29,30)(H2,24,26,31). The highest BCUT2D eigenvalue weighted by atomic mass is 79.9. The summed E-state index contributed by atoms with van der Waals surface area (Å²) >= 11 is 3.62. The molecule has 0 saturated heterocycles. The van der Waals surface area contributed by atoms with E-state index in [1.54, 1.807) is 0 Å². The number of anilines is 1. The first-order valence-corrected chi connectivity index (χ1v) is 11.4. The third kappa shape index (κ3) is 8.50. The Bertz CT molecular complexity index is 976. The van der Waals surface area contributed by atoms with Gasteiger partial charge in [-0.25, -0.2) is 18.4 Å². The molecule has 1 aromatic carbocycles. The van der Waals surface area contributed by atoms with Crippen molar-refractivity contribution < 1.29 is 33.3 Å². The van der Waals surface area contributed by atoms with Crippen LogP contribution in [-0.2, 0) is 6.61 Å². The van der Waals surface area contributed by atoms with Gasteiger partial charge in [0.05, 0.1) is 11.7 Å². The fourth-order valence-corrected chi connectivity index (χ4v) is 3.65. The number of carboxylic acids is 1. The molecule has 9 nitrogen and oxygen atoms in total. The quantitative estimate of drug-likeness (QED) is 0.304. The number of nitrogens with zero attached hydrogens (tertiary/aromatic N) is 1. The molecule has 0 fully saturated rings. The molecule has 0 radical (unpaired) electrons. The van der Waals surface area contributed by atoms with Crippen molar-refractivity contribution in [3.05, 3.63) is 39.4 Å². The number of benzene rings is 1. The summed E-state index contributed by atoms with van der Waals surface area (Å²) in [6, 6.07) is 1.40. The molecule has 1 heterocycles. The molecule has 2 aromatic rings. The van der Waals surface area contributed by atoms with Crippen molar-refractivity contribution in [1.29, 1.82) is 0 Å². The maximum absolute atomic E-state index is 14.0. The summed E-state index contributed by atoms with van der Waals surface area (Å²) in [6.07, 6.45) is -0.397. The second-order valence-corrected chi connectivity index (χ2v) is 9.78. The van der Waals surface area contributed by atoms with Crippen LogP contribution in [0.5, 0.6) is 5.88 Å². The van der Waals surface area contributed by atoms with Crippen LogP contribution in [0.25, 0.3) is 0 Å². The highest BCUT2D eigenvalue weighted by molar-refractivity contribution is 9.10. The second-order valence-electron chi connectivity index (χ2n) is 8.09. The third-order valence-corrected chi connectivity index (χ3v) is 5.40. The Morgan fingerprint density at radius 3 is 2.48 bits per heavy atom. The van der Waals surface area contributed by atoms with E-state index < -0.39 is 47.5 Å². The number of nitrogens with one attached hydrogen (secondary N) is 3. The van der Waals surface area contributed by atoms with Crippen LogP contribution in [0.15, 0.2) is 16.6 Å². The molecule has 1 aromatic heterocycles. The lowest BCUT2D eigenvalue weighted by Gasteiger charge is -2.22. The molecule has 0 spiro atoms. The Labute approximate surface area is 201 Å². The number of carbonyl (C=O) groups is 2. The van der Waals surface area contributed by atoms with Crippen molar-refractivity contribution in [3.63, 3.8) is 0 Å². The minimum Gasteiger partial charge on any atom is -0.477 e. The number of aromatic carboxylic acids is 1. The average molecular weight is 551 g/mol. The van der Waals surface area contributed by atoms with E-state index in [0.29, 0.717) is 18.1 Å². The summed E-state index contributed by atoms with van der Waals surface area (Å²) in [7, 11) is 0. The van der Waals surface area contributed by atoms with E-state index in [1.807, 2.05) is 20.8 Å². The smallest absolute Gasteiger partial charge is 0.344 e. The molecular formula is C20H25BrF2N4O5S. The van der Waals surface area contributed by atoms with Crippen molar-refractivity contribution in [2.45, 2.75) is 45.4 Å². The number of hydrogen-bond acceptors (Lipinski definition) is 7. The number of hydrogen-bond donors (Lipinski definition) is 5. The molecule has 0 aliphatic heterocycles. The van der Waals surface area contributed by atoms with Crippen molar-refractivity contribution >= 4 is 44.5 Å². The summed E-state index contributed by atoms with van der Waals surface area (Å²) in [5.41, 5.74) is -0.989. The van der Waals surface area contributed by atoms with Gasteiger partial charge in [-0.1, -0.05) is 15.9 Å². The Hall–Kier alpha value is -2.35. The molecule has 5 N–H and O–H groups in total. The summed E-state index contributed by atoms with van der Waals surface area (Å²) < 4.78 is 37.2. The van der Waals surface area contributed by atoms with Gasteiger partial charge in [0.15, 0.2) is 5.56 Å². The Kier molecular flexibility index (Phi) is 9.52. The number of carboxylic acid groups (broad SMARTS) is 1. The molecule has 13 heteroatoms. The predicted octanol–water partition coefficient (Wildman–Crippen LogP) is 3.72. The first kappa shape index (κ1) is 26.9. The largest absolute Gasteiger partial charge is 0.477 e. The minimum absolute atomic E-state index is 0.110. The van der Waals surface area contributed by atoms with E-state index in [0.717, 1.165) is 12.1 Å². The van der Waals surface area contributed by atoms with Crippen molar-refractivity contribution in [3.8, 4) is 5.88 Å². The number of urea groups is 1. The first-order chi connectivity index (χ1) is 15.4. The van der Waals surface area contributed by atoms with Gasteiger partial charge < -0.3 is 25.6 Å². The van der Waals surface area contributed by atoms with E-state index in [-0.39, 0.29) is 33.9 Å². The summed E-state index contributed by atoms with van der Waals surface area (Å²) in [4.78, 5) is 23.8. The van der Waals surface area contributed by atoms with Crippen LogP contribution in [0, 0.1) is 11.6 Å². The number of β-amino-alcohol motifs (C(OH)–C–C–N with tert-alkyl or cyclic N) is 1. The number of aliphatic hydroxyl groups is 1. The highest BCUT2D eigenvalue weighted by Crippen LogP contribution is 2.31. The molecule has 182 valence electrons. The SMILES string of the molecule is CC(C)(C)NCC(O)CCNC(=O)Nc1snc(OCc2c(F)cc(Br)cc2F)c1C(=O)O. The van der Waals surface area contributed by atoms with Gasteiger partial charge in [-0.3, -0.25) is 5.32 Å². The van der Waals surface area contributed by atoms with Gasteiger partial charge in [0.25, 0.3) is 0 Å². The van der Waals surface area contributed by atoms with Crippen molar-refractivity contribution in [2.75, 3.05) is 18.4 Å². The zero-order valence-electron chi connectivity index (χ0n) is 18.2.